The Morgan fingerprint density at radius 3 is 2.36 bits per heavy atom. The molecule has 1 rings (SSSR count). The summed E-state index contributed by atoms with van der Waals surface area (Å²) in [6, 6.07) is 9.79. The zero-order valence-electron chi connectivity index (χ0n) is 9.00. The predicted octanol–water partition coefficient (Wildman–Crippen LogP) is 2.93. The molecule has 0 aliphatic carbocycles. The zero-order valence-corrected chi connectivity index (χ0v) is 9.00. The van der Waals surface area contributed by atoms with Gasteiger partial charge in [0, 0.05) is 6.54 Å². The lowest BCUT2D eigenvalue weighted by molar-refractivity contribution is 0.377. The van der Waals surface area contributed by atoms with Gasteiger partial charge in [-0.2, -0.15) is 0 Å². The van der Waals surface area contributed by atoms with Gasteiger partial charge in [0.25, 0.3) is 0 Å². The lowest BCUT2D eigenvalue weighted by atomic mass is 10.3. The Bertz CT molecular complexity index is 299. The van der Waals surface area contributed by atoms with Crippen LogP contribution in [0.2, 0.25) is 0 Å². The number of nitrogens with one attached hydrogen (secondary N) is 1. The summed E-state index contributed by atoms with van der Waals surface area (Å²) in [6.07, 6.45) is 0. The molecule has 0 aliphatic rings. The number of ether oxygens (including phenoxy) is 1. The third-order valence-corrected chi connectivity index (χ3v) is 1.75. The average molecular weight is 191 g/mol. The summed E-state index contributed by atoms with van der Waals surface area (Å²) in [5, 5.41) is 3.19. The molecule has 14 heavy (non-hydrogen) atoms. The summed E-state index contributed by atoms with van der Waals surface area (Å²) >= 11 is 0. The van der Waals surface area contributed by atoms with E-state index in [0.29, 0.717) is 0 Å². The Labute approximate surface area is 85.6 Å². The second kappa shape index (κ2) is 5.32. The molecule has 0 fully saturated rings. The quantitative estimate of drug-likeness (QED) is 0.739. The first kappa shape index (κ1) is 10.6. The van der Waals surface area contributed by atoms with E-state index in [4.69, 9.17) is 4.74 Å². The van der Waals surface area contributed by atoms with E-state index in [1.807, 2.05) is 44.2 Å². The van der Waals surface area contributed by atoms with Crippen molar-refractivity contribution in [1.82, 2.24) is 5.32 Å². The number of rotatable bonds is 4. The summed E-state index contributed by atoms with van der Waals surface area (Å²) in [5.41, 5.74) is 1.15. The fourth-order valence-electron chi connectivity index (χ4n) is 1.08. The monoisotopic (exact) mass is 191 g/mol. The zero-order chi connectivity index (χ0) is 10.4. The van der Waals surface area contributed by atoms with Gasteiger partial charge in [-0.25, -0.2) is 0 Å². The smallest absolute Gasteiger partial charge is 0.192 e. The minimum absolute atomic E-state index is 0.846. The molecule has 1 N–H and O–H groups in total. The van der Waals surface area contributed by atoms with Gasteiger partial charge in [-0.15, -0.1) is 0 Å². The van der Waals surface area contributed by atoms with Crippen LogP contribution in [0, 0.1) is 0 Å². The Morgan fingerprint density at radius 2 is 1.86 bits per heavy atom. The lowest BCUT2D eigenvalue weighted by Gasteiger charge is -2.12. The van der Waals surface area contributed by atoms with Crippen LogP contribution in [0.1, 0.15) is 20.8 Å². The van der Waals surface area contributed by atoms with Crippen LogP contribution in [0.25, 0.3) is 0 Å². The van der Waals surface area contributed by atoms with E-state index in [1.165, 1.54) is 0 Å². The van der Waals surface area contributed by atoms with Gasteiger partial charge in [-0.1, -0.05) is 18.2 Å². The van der Waals surface area contributed by atoms with Gasteiger partial charge < -0.3 is 10.1 Å². The standard InChI is InChI=1S/C12H17NO/c1-4-13-12(10(2)3)14-11-8-6-5-7-9-11/h5-9,13H,4H2,1-3H3. The fourth-order valence-corrected chi connectivity index (χ4v) is 1.08. The topological polar surface area (TPSA) is 21.3 Å². The van der Waals surface area contributed by atoms with E-state index >= 15 is 0 Å². The number of para-hydroxylation sites is 1. The number of allylic oxidation sites excluding steroid dienone is 1. The first-order valence-electron chi connectivity index (χ1n) is 4.88. The summed E-state index contributed by atoms with van der Waals surface area (Å²) in [6.45, 7) is 6.98. The molecule has 0 saturated heterocycles. The first-order valence-corrected chi connectivity index (χ1v) is 4.88. The second-order valence-electron chi connectivity index (χ2n) is 3.27. The van der Waals surface area contributed by atoms with Crippen molar-refractivity contribution in [3.05, 3.63) is 41.8 Å². The summed E-state index contributed by atoms with van der Waals surface area (Å²) < 4.78 is 5.68. The van der Waals surface area contributed by atoms with Gasteiger partial charge in [-0.3, -0.25) is 0 Å². The van der Waals surface area contributed by atoms with E-state index in [9.17, 15) is 0 Å². The molecular formula is C12H17NO. The van der Waals surface area contributed by atoms with E-state index in [0.717, 1.165) is 23.8 Å². The Hall–Kier alpha value is -1.44. The largest absolute Gasteiger partial charge is 0.442 e. The molecule has 0 radical (unpaired) electrons. The number of hydrogen-bond acceptors (Lipinski definition) is 2. The van der Waals surface area contributed by atoms with Crippen molar-refractivity contribution in [2.75, 3.05) is 6.54 Å². The molecular weight excluding hydrogens is 174 g/mol. The highest BCUT2D eigenvalue weighted by molar-refractivity contribution is 5.23. The molecule has 0 heterocycles. The van der Waals surface area contributed by atoms with Crippen LogP contribution < -0.4 is 10.1 Å². The molecule has 0 saturated carbocycles. The highest BCUT2D eigenvalue weighted by Gasteiger charge is 2.00. The van der Waals surface area contributed by atoms with E-state index < -0.39 is 0 Å². The molecule has 2 heteroatoms. The second-order valence-corrected chi connectivity index (χ2v) is 3.27. The number of benzene rings is 1. The normalized spacial score (nSPS) is 9.36. The maximum Gasteiger partial charge on any atom is 0.192 e. The average Bonchev–Trinajstić information content (AvgIpc) is 2.18. The predicted molar refractivity (Wildman–Crippen MR) is 59.1 cm³/mol. The Kier molecular flexibility index (Phi) is 4.05. The Morgan fingerprint density at radius 1 is 1.21 bits per heavy atom. The van der Waals surface area contributed by atoms with Crippen LogP contribution in [0.3, 0.4) is 0 Å². The highest BCUT2D eigenvalue weighted by Crippen LogP contribution is 2.13. The summed E-state index contributed by atoms with van der Waals surface area (Å²) in [5.74, 6) is 1.71. The van der Waals surface area contributed by atoms with Gasteiger partial charge in [0.2, 0.25) is 0 Å². The maximum absolute atomic E-state index is 5.68. The molecule has 0 atom stereocenters. The van der Waals surface area contributed by atoms with Crippen LogP contribution in [0.5, 0.6) is 5.75 Å². The van der Waals surface area contributed by atoms with E-state index in [1.54, 1.807) is 0 Å². The van der Waals surface area contributed by atoms with Crippen molar-refractivity contribution in [3.8, 4) is 5.75 Å². The molecule has 0 aliphatic heterocycles. The molecule has 1 aromatic rings. The van der Waals surface area contributed by atoms with Gasteiger partial charge in [-0.05, 0) is 38.5 Å². The van der Waals surface area contributed by atoms with Crippen molar-refractivity contribution in [2.45, 2.75) is 20.8 Å². The van der Waals surface area contributed by atoms with Crippen LogP contribution in [0.15, 0.2) is 41.8 Å². The van der Waals surface area contributed by atoms with E-state index in [2.05, 4.69) is 12.2 Å². The molecule has 76 valence electrons. The summed E-state index contributed by atoms with van der Waals surface area (Å²) in [4.78, 5) is 0. The van der Waals surface area contributed by atoms with Crippen molar-refractivity contribution in [1.29, 1.82) is 0 Å². The van der Waals surface area contributed by atoms with Crippen LogP contribution >= 0.6 is 0 Å². The van der Waals surface area contributed by atoms with Gasteiger partial charge in [0.05, 0.1) is 0 Å². The Balaban J connectivity index is 2.71. The fraction of sp³-hybridized carbons (Fsp3) is 0.333. The van der Waals surface area contributed by atoms with Crippen LogP contribution in [-0.4, -0.2) is 6.54 Å². The molecule has 0 unspecified atom stereocenters. The van der Waals surface area contributed by atoms with Crippen molar-refractivity contribution < 1.29 is 4.74 Å². The van der Waals surface area contributed by atoms with Gasteiger partial charge in [0.15, 0.2) is 5.88 Å². The van der Waals surface area contributed by atoms with Gasteiger partial charge >= 0.3 is 0 Å². The molecule has 0 spiro atoms. The molecule has 0 amide bonds. The van der Waals surface area contributed by atoms with Crippen LogP contribution in [-0.2, 0) is 0 Å². The SMILES string of the molecule is CCNC(Oc1ccccc1)=C(C)C. The molecule has 2 nitrogen and oxygen atoms in total. The highest BCUT2D eigenvalue weighted by atomic mass is 16.5. The maximum atomic E-state index is 5.68. The van der Waals surface area contributed by atoms with Gasteiger partial charge in [0.1, 0.15) is 5.75 Å². The van der Waals surface area contributed by atoms with Crippen molar-refractivity contribution >= 4 is 0 Å². The molecule has 0 bridgehead atoms. The third kappa shape index (κ3) is 3.13. The minimum atomic E-state index is 0.846. The molecule has 0 aromatic heterocycles. The number of hydrogen-bond donors (Lipinski definition) is 1. The van der Waals surface area contributed by atoms with Crippen molar-refractivity contribution in [3.63, 3.8) is 0 Å². The first-order chi connectivity index (χ1) is 6.74. The minimum Gasteiger partial charge on any atom is -0.442 e. The van der Waals surface area contributed by atoms with Crippen molar-refractivity contribution in [2.24, 2.45) is 0 Å². The third-order valence-electron chi connectivity index (χ3n) is 1.75. The van der Waals surface area contributed by atoms with E-state index in [-0.39, 0.29) is 0 Å². The molecule has 1 aromatic carbocycles. The van der Waals surface area contributed by atoms with Crippen LogP contribution in [0.4, 0.5) is 0 Å². The summed E-state index contributed by atoms with van der Waals surface area (Å²) in [7, 11) is 0. The lowest BCUT2D eigenvalue weighted by Crippen LogP contribution is -2.18.